The SMILES string of the molecule is O=C(CCSc1ccccc1F)NC(CC(F)F)C(=O)O. The van der Waals surface area contributed by atoms with Crippen LogP contribution in [0.2, 0.25) is 0 Å². The molecule has 21 heavy (non-hydrogen) atoms. The lowest BCUT2D eigenvalue weighted by molar-refractivity contribution is -0.143. The van der Waals surface area contributed by atoms with Crippen LogP contribution in [-0.2, 0) is 9.59 Å². The van der Waals surface area contributed by atoms with Crippen molar-refractivity contribution in [1.82, 2.24) is 5.32 Å². The number of hydrogen-bond acceptors (Lipinski definition) is 3. The third-order valence-corrected chi connectivity index (χ3v) is 3.52. The molecule has 0 bridgehead atoms. The molecule has 1 atom stereocenters. The molecule has 8 heteroatoms. The number of alkyl halides is 2. The molecule has 0 saturated carbocycles. The van der Waals surface area contributed by atoms with Crippen LogP contribution in [0, 0.1) is 5.82 Å². The molecule has 1 unspecified atom stereocenters. The molecule has 1 aromatic carbocycles. The predicted molar refractivity (Wildman–Crippen MR) is 71.9 cm³/mol. The Balaban J connectivity index is 2.39. The van der Waals surface area contributed by atoms with Gasteiger partial charge in [-0.3, -0.25) is 4.79 Å². The minimum absolute atomic E-state index is 0.0913. The lowest BCUT2D eigenvalue weighted by Gasteiger charge is -2.13. The fourth-order valence-corrected chi connectivity index (χ4v) is 2.37. The normalized spacial score (nSPS) is 12.2. The number of thioether (sulfide) groups is 1. The van der Waals surface area contributed by atoms with Gasteiger partial charge in [0.05, 0.1) is 0 Å². The molecule has 0 aliphatic carbocycles. The van der Waals surface area contributed by atoms with Gasteiger partial charge in [0.15, 0.2) is 0 Å². The van der Waals surface area contributed by atoms with E-state index in [0.29, 0.717) is 4.90 Å². The van der Waals surface area contributed by atoms with E-state index < -0.39 is 36.6 Å². The maximum Gasteiger partial charge on any atom is 0.326 e. The van der Waals surface area contributed by atoms with Crippen LogP contribution >= 0.6 is 11.8 Å². The zero-order valence-electron chi connectivity index (χ0n) is 10.9. The van der Waals surface area contributed by atoms with Crippen LogP contribution in [0.1, 0.15) is 12.8 Å². The van der Waals surface area contributed by atoms with Crippen molar-refractivity contribution in [2.24, 2.45) is 0 Å². The summed E-state index contributed by atoms with van der Waals surface area (Å²) in [6.45, 7) is 0. The van der Waals surface area contributed by atoms with Crippen LogP contribution in [-0.4, -0.2) is 35.2 Å². The summed E-state index contributed by atoms with van der Waals surface area (Å²) < 4.78 is 37.6. The number of rotatable bonds is 8. The van der Waals surface area contributed by atoms with E-state index in [1.54, 1.807) is 12.1 Å². The van der Waals surface area contributed by atoms with E-state index in [1.165, 1.54) is 12.1 Å². The molecule has 0 aliphatic heterocycles. The number of hydrogen-bond donors (Lipinski definition) is 2. The fraction of sp³-hybridized carbons (Fsp3) is 0.385. The Morgan fingerprint density at radius 1 is 1.29 bits per heavy atom. The standard InChI is InChI=1S/C13H14F3NO3S/c14-8-3-1-2-4-10(8)21-6-5-12(18)17-9(13(19)20)7-11(15)16/h1-4,9,11H,5-7H2,(H,17,18)(H,19,20). The Labute approximate surface area is 123 Å². The number of carboxylic acid groups (broad SMARTS) is 1. The first-order valence-electron chi connectivity index (χ1n) is 6.07. The second-order valence-electron chi connectivity index (χ2n) is 4.11. The first kappa shape index (κ1) is 17.4. The van der Waals surface area contributed by atoms with Gasteiger partial charge in [-0.15, -0.1) is 11.8 Å². The maximum atomic E-state index is 13.3. The third kappa shape index (κ3) is 6.52. The second kappa shape index (κ2) is 8.56. The van der Waals surface area contributed by atoms with E-state index in [1.807, 2.05) is 5.32 Å². The highest BCUT2D eigenvalue weighted by Crippen LogP contribution is 2.21. The number of benzene rings is 1. The van der Waals surface area contributed by atoms with Gasteiger partial charge in [-0.25, -0.2) is 18.0 Å². The summed E-state index contributed by atoms with van der Waals surface area (Å²) in [4.78, 5) is 22.6. The molecule has 0 fully saturated rings. The summed E-state index contributed by atoms with van der Waals surface area (Å²) in [7, 11) is 0. The van der Waals surface area contributed by atoms with E-state index in [-0.39, 0.29) is 12.2 Å². The molecule has 0 heterocycles. The molecular formula is C13H14F3NO3S. The number of carbonyl (C=O) groups is 2. The second-order valence-corrected chi connectivity index (χ2v) is 5.25. The molecule has 0 aromatic heterocycles. The predicted octanol–water partition coefficient (Wildman–Crippen LogP) is 2.53. The van der Waals surface area contributed by atoms with Gasteiger partial charge in [-0.2, -0.15) is 0 Å². The van der Waals surface area contributed by atoms with Crippen molar-refractivity contribution >= 4 is 23.6 Å². The highest BCUT2D eigenvalue weighted by atomic mass is 32.2. The molecule has 0 radical (unpaired) electrons. The average Bonchev–Trinajstić information content (AvgIpc) is 2.39. The number of amides is 1. The van der Waals surface area contributed by atoms with Crippen LogP contribution in [0.5, 0.6) is 0 Å². The summed E-state index contributed by atoms with van der Waals surface area (Å²) in [6.07, 6.45) is -3.85. The summed E-state index contributed by atoms with van der Waals surface area (Å²) in [6, 6.07) is 4.40. The summed E-state index contributed by atoms with van der Waals surface area (Å²) in [5.41, 5.74) is 0. The van der Waals surface area contributed by atoms with E-state index >= 15 is 0 Å². The van der Waals surface area contributed by atoms with Crippen molar-refractivity contribution in [3.8, 4) is 0 Å². The Morgan fingerprint density at radius 2 is 1.95 bits per heavy atom. The van der Waals surface area contributed by atoms with Crippen LogP contribution in [0.15, 0.2) is 29.2 Å². The largest absolute Gasteiger partial charge is 0.480 e. The first-order chi connectivity index (χ1) is 9.90. The molecule has 0 spiro atoms. The third-order valence-electron chi connectivity index (χ3n) is 2.47. The van der Waals surface area contributed by atoms with Crippen LogP contribution in [0.25, 0.3) is 0 Å². The summed E-state index contributed by atoms with van der Waals surface area (Å²) >= 11 is 1.09. The fourth-order valence-electron chi connectivity index (χ4n) is 1.48. The monoisotopic (exact) mass is 321 g/mol. The quantitative estimate of drug-likeness (QED) is 0.722. The topological polar surface area (TPSA) is 66.4 Å². The zero-order valence-corrected chi connectivity index (χ0v) is 11.7. The van der Waals surface area contributed by atoms with Crippen molar-refractivity contribution in [2.45, 2.75) is 30.2 Å². The van der Waals surface area contributed by atoms with E-state index in [2.05, 4.69) is 0 Å². The number of carbonyl (C=O) groups excluding carboxylic acids is 1. The number of halogens is 3. The van der Waals surface area contributed by atoms with Gasteiger partial charge < -0.3 is 10.4 Å². The Hall–Kier alpha value is -1.70. The van der Waals surface area contributed by atoms with Gasteiger partial charge in [0, 0.05) is 23.5 Å². The van der Waals surface area contributed by atoms with Crippen molar-refractivity contribution in [3.05, 3.63) is 30.1 Å². The lowest BCUT2D eigenvalue weighted by Crippen LogP contribution is -2.42. The Morgan fingerprint density at radius 3 is 2.52 bits per heavy atom. The summed E-state index contributed by atoms with van der Waals surface area (Å²) in [5.74, 6) is -2.37. The van der Waals surface area contributed by atoms with Gasteiger partial charge in [-0.1, -0.05) is 12.1 Å². The van der Waals surface area contributed by atoms with E-state index in [9.17, 15) is 22.8 Å². The van der Waals surface area contributed by atoms with Crippen molar-refractivity contribution < 1.29 is 27.9 Å². The van der Waals surface area contributed by atoms with Crippen LogP contribution < -0.4 is 5.32 Å². The molecule has 1 amide bonds. The Bertz CT molecular complexity index is 499. The first-order valence-corrected chi connectivity index (χ1v) is 7.06. The van der Waals surface area contributed by atoms with Gasteiger partial charge in [0.1, 0.15) is 11.9 Å². The molecule has 1 rings (SSSR count). The van der Waals surface area contributed by atoms with E-state index in [0.717, 1.165) is 11.8 Å². The highest BCUT2D eigenvalue weighted by molar-refractivity contribution is 7.99. The van der Waals surface area contributed by atoms with Gasteiger partial charge in [0.25, 0.3) is 0 Å². The van der Waals surface area contributed by atoms with Gasteiger partial charge in [0.2, 0.25) is 12.3 Å². The molecule has 116 valence electrons. The average molecular weight is 321 g/mol. The minimum Gasteiger partial charge on any atom is -0.480 e. The van der Waals surface area contributed by atoms with Crippen LogP contribution in [0.3, 0.4) is 0 Å². The Kier molecular flexibility index (Phi) is 7.07. The van der Waals surface area contributed by atoms with Gasteiger partial charge in [-0.05, 0) is 12.1 Å². The van der Waals surface area contributed by atoms with Crippen molar-refractivity contribution in [3.63, 3.8) is 0 Å². The molecule has 0 aliphatic rings. The maximum absolute atomic E-state index is 13.3. The highest BCUT2D eigenvalue weighted by Gasteiger charge is 2.23. The smallest absolute Gasteiger partial charge is 0.326 e. The molecular weight excluding hydrogens is 307 g/mol. The molecule has 2 N–H and O–H groups in total. The van der Waals surface area contributed by atoms with Crippen molar-refractivity contribution in [1.29, 1.82) is 0 Å². The molecule has 0 saturated heterocycles. The number of aliphatic carboxylic acids is 1. The van der Waals surface area contributed by atoms with Gasteiger partial charge >= 0.3 is 5.97 Å². The van der Waals surface area contributed by atoms with E-state index in [4.69, 9.17) is 5.11 Å². The molecule has 4 nitrogen and oxygen atoms in total. The number of carboxylic acids is 1. The summed E-state index contributed by atoms with van der Waals surface area (Å²) in [5, 5.41) is 10.7. The van der Waals surface area contributed by atoms with Crippen molar-refractivity contribution in [2.75, 3.05) is 5.75 Å². The lowest BCUT2D eigenvalue weighted by atomic mass is 10.2. The van der Waals surface area contributed by atoms with Crippen LogP contribution in [0.4, 0.5) is 13.2 Å². The minimum atomic E-state index is -2.82. The number of nitrogens with one attached hydrogen (secondary N) is 1. The zero-order chi connectivity index (χ0) is 15.8. The molecule has 1 aromatic rings.